The molecule has 1 saturated carbocycles. The van der Waals surface area contributed by atoms with Crippen LogP contribution in [-0.2, 0) is 0 Å². The molecule has 6 heteroatoms. The maximum Gasteiger partial charge on any atom is 0.306 e. The van der Waals surface area contributed by atoms with Gasteiger partial charge in [-0.15, -0.1) is 0 Å². The number of hydrogen-bond donors (Lipinski definition) is 0. The molecule has 0 unspecified atom stereocenters. The number of alkyl halides is 4. The van der Waals surface area contributed by atoms with Crippen LogP contribution in [0.1, 0.15) is 92.9 Å². The van der Waals surface area contributed by atoms with Gasteiger partial charge in [-0.05, 0) is 11.8 Å². The molecule has 26 heavy (non-hydrogen) atoms. The molecular weight excluding hydrogens is 338 g/mol. The fourth-order valence-electron chi connectivity index (χ4n) is 3.90. The Hall–Kier alpha value is -0.150. The van der Waals surface area contributed by atoms with Crippen LogP contribution in [0.15, 0.2) is 0 Å². The van der Waals surface area contributed by atoms with E-state index in [1.54, 1.807) is 0 Å². The normalized spacial score (nSPS) is 26.9. The topological polar surface area (TPSA) is 0 Å². The van der Waals surface area contributed by atoms with Crippen molar-refractivity contribution in [2.24, 2.45) is 10.8 Å². The highest BCUT2D eigenvalue weighted by Gasteiger charge is 2.63. The summed E-state index contributed by atoms with van der Waals surface area (Å²) in [6.45, 7) is 10.4. The fourth-order valence-corrected chi connectivity index (χ4v) is 3.90. The van der Waals surface area contributed by atoms with Crippen molar-refractivity contribution in [2.45, 2.75) is 116 Å². The first-order valence-electron chi connectivity index (χ1n) is 10.1. The summed E-state index contributed by atoms with van der Waals surface area (Å²) in [4.78, 5) is 0. The molecule has 0 heterocycles. The predicted molar refractivity (Wildman–Crippen MR) is 104 cm³/mol. The molecule has 0 amide bonds. The van der Waals surface area contributed by atoms with Gasteiger partial charge < -0.3 is 0 Å². The predicted octanol–water partition coefficient (Wildman–Crippen LogP) is 7.26. The highest BCUT2D eigenvalue weighted by Crippen LogP contribution is 2.55. The first-order chi connectivity index (χ1) is 11.7. The van der Waals surface area contributed by atoms with Crippen LogP contribution in [-0.4, -0.2) is 26.9 Å². The molecule has 0 aromatic carbocycles. The van der Waals surface area contributed by atoms with E-state index in [4.69, 9.17) is 7.85 Å². The average molecular weight is 373 g/mol. The second kappa shape index (κ2) is 8.07. The lowest BCUT2D eigenvalue weighted by Crippen LogP contribution is -2.55. The molecule has 0 N–H and O–H groups in total. The lowest BCUT2D eigenvalue weighted by molar-refractivity contribution is -0.223. The van der Waals surface area contributed by atoms with Crippen LogP contribution in [0.3, 0.4) is 0 Å². The summed E-state index contributed by atoms with van der Waals surface area (Å²) in [5.74, 6) is -8.64. The summed E-state index contributed by atoms with van der Waals surface area (Å²) in [5, 5.41) is -0.316. The van der Waals surface area contributed by atoms with Gasteiger partial charge in [-0.2, -0.15) is 0 Å². The third kappa shape index (κ3) is 4.63. The lowest BCUT2D eigenvalue weighted by Gasteiger charge is -2.47. The van der Waals surface area contributed by atoms with Crippen molar-refractivity contribution in [1.29, 1.82) is 0 Å². The van der Waals surface area contributed by atoms with E-state index < -0.39 is 23.0 Å². The molecule has 0 aromatic rings. The minimum atomic E-state index is -4.10. The molecule has 0 aromatic heterocycles. The van der Waals surface area contributed by atoms with E-state index in [1.165, 1.54) is 20.8 Å². The summed E-state index contributed by atoms with van der Waals surface area (Å²) >= 11 is 0. The molecule has 1 aliphatic carbocycles. The van der Waals surface area contributed by atoms with E-state index in [0.717, 1.165) is 19.3 Å². The number of hydrogen-bond acceptors (Lipinski definition) is 0. The largest absolute Gasteiger partial charge is 0.306 e. The van der Waals surface area contributed by atoms with E-state index >= 15 is 0 Å². The molecule has 3 radical (unpaired) electrons. The highest BCUT2D eigenvalue weighted by molar-refractivity contribution is 6.41. The van der Waals surface area contributed by atoms with Gasteiger partial charge in [-0.1, -0.05) is 97.6 Å². The summed E-state index contributed by atoms with van der Waals surface area (Å²) in [5.41, 5.74) is -1.77. The second-order valence-electron chi connectivity index (χ2n) is 9.54. The van der Waals surface area contributed by atoms with Crippen molar-refractivity contribution in [3.8, 4) is 0 Å². The summed E-state index contributed by atoms with van der Waals surface area (Å²) in [6.07, 6.45) is 4.83. The van der Waals surface area contributed by atoms with Gasteiger partial charge in [-0.25, -0.2) is 17.6 Å². The van der Waals surface area contributed by atoms with Crippen LogP contribution in [0, 0.1) is 10.8 Å². The monoisotopic (exact) mass is 373 g/mol. The second-order valence-corrected chi connectivity index (χ2v) is 9.54. The molecule has 1 aliphatic rings. The summed E-state index contributed by atoms with van der Waals surface area (Å²) in [7, 11) is 7.29. The maximum absolute atomic E-state index is 14.5. The average Bonchev–Trinajstić information content (AvgIpc) is 2.51. The van der Waals surface area contributed by atoms with Crippen molar-refractivity contribution in [2.75, 3.05) is 0 Å². The van der Waals surface area contributed by atoms with Crippen LogP contribution in [0.4, 0.5) is 17.6 Å². The van der Waals surface area contributed by atoms with Gasteiger partial charge in [0.15, 0.2) is 0 Å². The number of halogens is 4. The molecule has 0 bridgehead atoms. The molecule has 0 spiro atoms. The molecule has 0 atom stereocenters. The fraction of sp³-hybridized carbons (Fsp3) is 1.00. The molecule has 0 saturated heterocycles. The van der Waals surface area contributed by atoms with Crippen molar-refractivity contribution in [1.82, 2.24) is 0 Å². The summed E-state index contributed by atoms with van der Waals surface area (Å²) in [6, 6.07) is 0. The van der Waals surface area contributed by atoms with Crippen molar-refractivity contribution in [3.05, 3.63) is 0 Å². The Bertz CT molecular complexity index is 451. The Labute approximate surface area is 159 Å². The van der Waals surface area contributed by atoms with E-state index in [-0.39, 0.29) is 17.2 Å². The first kappa shape index (κ1) is 23.9. The third-order valence-electron chi connectivity index (χ3n) is 7.22. The Balaban J connectivity index is 2.80. The molecule has 1 rings (SSSR count). The smallest absolute Gasteiger partial charge is 0.212 e. The van der Waals surface area contributed by atoms with E-state index in [1.807, 2.05) is 0 Å². The SMILES string of the molecule is [B]C1(C(C)(C)CC)CCCC([B]C(F)(F)C(F)(F)C(C)(C)CC)CCC1. The quantitative estimate of drug-likeness (QED) is 0.325. The van der Waals surface area contributed by atoms with E-state index in [2.05, 4.69) is 20.8 Å². The zero-order chi connectivity index (χ0) is 20.4. The first-order valence-corrected chi connectivity index (χ1v) is 10.1. The molecule has 1 fully saturated rings. The zero-order valence-electron chi connectivity index (χ0n) is 17.4. The Morgan fingerprint density at radius 2 is 1.38 bits per heavy atom. The lowest BCUT2D eigenvalue weighted by atomic mass is 9.46. The van der Waals surface area contributed by atoms with Crippen LogP contribution < -0.4 is 0 Å². The van der Waals surface area contributed by atoms with Gasteiger partial charge in [-0.3, -0.25) is 0 Å². The molecular formula is C20H35B2F4. The van der Waals surface area contributed by atoms with Crippen molar-refractivity contribution >= 4 is 15.1 Å². The van der Waals surface area contributed by atoms with Crippen molar-refractivity contribution < 1.29 is 17.6 Å². The van der Waals surface area contributed by atoms with Crippen LogP contribution in [0.5, 0.6) is 0 Å². The van der Waals surface area contributed by atoms with E-state index in [0.29, 0.717) is 33.0 Å². The minimum absolute atomic E-state index is 0.00408. The molecule has 149 valence electrons. The Kier molecular flexibility index (Phi) is 7.42. The van der Waals surface area contributed by atoms with E-state index in [9.17, 15) is 17.6 Å². The highest BCUT2D eigenvalue weighted by atomic mass is 19.3. The Morgan fingerprint density at radius 3 is 1.77 bits per heavy atom. The van der Waals surface area contributed by atoms with Crippen molar-refractivity contribution in [3.63, 3.8) is 0 Å². The third-order valence-corrected chi connectivity index (χ3v) is 7.22. The van der Waals surface area contributed by atoms with Gasteiger partial charge in [0.1, 0.15) is 0 Å². The standard InChI is InChI=1S/C20H35B2F4/c1-7-16(3,4)18(21)13-9-11-15(12-10-14-18)22-20(25,26)19(23,24)17(5,6)8-2/h15H,7-14H2,1-6H3. The molecule has 0 nitrogen and oxygen atoms in total. The van der Waals surface area contributed by atoms with Crippen LogP contribution in [0.2, 0.25) is 11.1 Å². The summed E-state index contributed by atoms with van der Waals surface area (Å²) < 4.78 is 57.8. The molecule has 0 aliphatic heterocycles. The zero-order valence-corrected chi connectivity index (χ0v) is 17.4. The minimum Gasteiger partial charge on any atom is -0.212 e. The van der Waals surface area contributed by atoms with Gasteiger partial charge in [0.25, 0.3) is 5.82 Å². The van der Waals surface area contributed by atoms with Crippen LogP contribution >= 0.6 is 0 Å². The Morgan fingerprint density at radius 1 is 0.923 bits per heavy atom. The van der Waals surface area contributed by atoms with Gasteiger partial charge >= 0.3 is 5.92 Å². The maximum atomic E-state index is 14.5. The van der Waals surface area contributed by atoms with Crippen LogP contribution in [0.25, 0.3) is 0 Å². The number of rotatable bonds is 7. The van der Waals surface area contributed by atoms with Gasteiger partial charge in [0, 0.05) is 5.41 Å². The van der Waals surface area contributed by atoms with Gasteiger partial charge in [0.05, 0.1) is 7.85 Å². The van der Waals surface area contributed by atoms with Gasteiger partial charge in [0.2, 0.25) is 7.28 Å².